The van der Waals surface area contributed by atoms with Crippen LogP contribution in [0.1, 0.15) is 11.1 Å². The molecule has 1 aromatic rings. The molecule has 0 aliphatic carbocycles. The number of hydrogen-bond acceptors (Lipinski definition) is 4. The highest BCUT2D eigenvalue weighted by Gasteiger charge is 2.01. The van der Waals surface area contributed by atoms with Crippen LogP contribution in [0.15, 0.2) is 18.2 Å². The third-order valence-electron chi connectivity index (χ3n) is 2.35. The molecule has 0 amide bonds. The summed E-state index contributed by atoms with van der Waals surface area (Å²) in [5, 5.41) is 8.74. The van der Waals surface area contributed by atoms with E-state index in [2.05, 4.69) is 11.8 Å². The van der Waals surface area contributed by atoms with Crippen molar-refractivity contribution in [3.63, 3.8) is 0 Å². The molecule has 0 radical (unpaired) electrons. The smallest absolute Gasteiger partial charge is 0.135 e. The van der Waals surface area contributed by atoms with E-state index in [1.54, 1.807) is 7.11 Å². The van der Waals surface area contributed by atoms with Crippen molar-refractivity contribution in [3.8, 4) is 17.6 Å². The summed E-state index contributed by atoms with van der Waals surface area (Å²) in [5.41, 5.74) is 1.89. The summed E-state index contributed by atoms with van der Waals surface area (Å²) < 4.78 is 15.8. The van der Waals surface area contributed by atoms with E-state index in [1.165, 1.54) is 0 Å². The fourth-order valence-electron chi connectivity index (χ4n) is 1.46. The zero-order valence-electron chi connectivity index (χ0n) is 11.4. The molecule has 19 heavy (non-hydrogen) atoms. The summed E-state index contributed by atoms with van der Waals surface area (Å²) in [6.07, 6.45) is 0. The fourth-order valence-corrected chi connectivity index (χ4v) is 1.46. The molecule has 0 saturated heterocycles. The van der Waals surface area contributed by atoms with Gasteiger partial charge in [0.2, 0.25) is 0 Å². The van der Waals surface area contributed by atoms with Crippen molar-refractivity contribution in [2.75, 3.05) is 40.1 Å². The number of benzene rings is 1. The predicted molar refractivity (Wildman–Crippen MR) is 73.3 cm³/mol. The van der Waals surface area contributed by atoms with Gasteiger partial charge in [-0.3, -0.25) is 0 Å². The van der Waals surface area contributed by atoms with Crippen molar-refractivity contribution >= 4 is 0 Å². The Morgan fingerprint density at radius 1 is 1.16 bits per heavy atom. The van der Waals surface area contributed by atoms with Crippen LogP contribution in [0.3, 0.4) is 0 Å². The molecular weight excluding hydrogens is 244 g/mol. The normalized spacial score (nSPS) is 9.84. The Balaban J connectivity index is 2.48. The molecule has 0 aliphatic rings. The second-order valence-electron chi connectivity index (χ2n) is 3.91. The molecule has 0 bridgehead atoms. The summed E-state index contributed by atoms with van der Waals surface area (Å²) in [7, 11) is 1.64. The van der Waals surface area contributed by atoms with Gasteiger partial charge in [0.25, 0.3) is 0 Å². The minimum Gasteiger partial charge on any atom is -0.490 e. The van der Waals surface area contributed by atoms with E-state index in [0.29, 0.717) is 32.2 Å². The third-order valence-corrected chi connectivity index (χ3v) is 2.35. The van der Waals surface area contributed by atoms with Gasteiger partial charge in [-0.1, -0.05) is 17.9 Å². The lowest BCUT2D eigenvalue weighted by Crippen LogP contribution is -2.10. The minimum atomic E-state index is -0.159. The highest BCUT2D eigenvalue weighted by molar-refractivity contribution is 5.48. The highest BCUT2D eigenvalue weighted by atomic mass is 16.5. The Morgan fingerprint density at radius 2 is 1.95 bits per heavy atom. The van der Waals surface area contributed by atoms with E-state index in [1.807, 2.05) is 25.1 Å². The standard InChI is InChI=1S/C15H20O4/c1-13-5-6-15(14(12-13)4-3-7-16)19-11-10-18-9-8-17-2/h5-6,12,16H,7-11H2,1-2H3. The van der Waals surface area contributed by atoms with Crippen molar-refractivity contribution in [3.05, 3.63) is 29.3 Å². The first-order valence-corrected chi connectivity index (χ1v) is 6.17. The van der Waals surface area contributed by atoms with Gasteiger partial charge in [-0.25, -0.2) is 0 Å². The molecule has 0 fully saturated rings. The Labute approximate surface area is 114 Å². The minimum absolute atomic E-state index is 0.159. The molecule has 104 valence electrons. The second kappa shape index (κ2) is 9.40. The van der Waals surface area contributed by atoms with Crippen LogP contribution >= 0.6 is 0 Å². The zero-order valence-corrected chi connectivity index (χ0v) is 11.4. The lowest BCUT2D eigenvalue weighted by atomic mass is 10.1. The van der Waals surface area contributed by atoms with Crippen molar-refractivity contribution in [1.82, 2.24) is 0 Å². The molecule has 0 saturated carbocycles. The molecule has 0 aromatic heterocycles. The van der Waals surface area contributed by atoms with Crippen LogP contribution < -0.4 is 4.74 Å². The molecule has 4 nitrogen and oxygen atoms in total. The van der Waals surface area contributed by atoms with E-state index >= 15 is 0 Å². The lowest BCUT2D eigenvalue weighted by molar-refractivity contribution is 0.0544. The summed E-state index contributed by atoms with van der Waals surface area (Å²) in [4.78, 5) is 0. The Hall–Kier alpha value is -1.54. The van der Waals surface area contributed by atoms with E-state index in [9.17, 15) is 0 Å². The van der Waals surface area contributed by atoms with Gasteiger partial charge < -0.3 is 19.3 Å². The molecule has 1 N–H and O–H groups in total. The molecule has 0 unspecified atom stereocenters. The third kappa shape index (κ3) is 6.25. The molecular formula is C15H20O4. The number of ether oxygens (including phenoxy) is 3. The van der Waals surface area contributed by atoms with Crippen LogP contribution in [-0.4, -0.2) is 45.3 Å². The van der Waals surface area contributed by atoms with Crippen LogP contribution in [0.5, 0.6) is 5.75 Å². The zero-order chi connectivity index (χ0) is 13.9. The summed E-state index contributed by atoms with van der Waals surface area (Å²) in [6, 6.07) is 5.78. The molecule has 0 spiro atoms. The first-order chi connectivity index (χ1) is 9.27. The molecule has 0 aliphatic heterocycles. The van der Waals surface area contributed by atoms with Crippen LogP contribution in [0.2, 0.25) is 0 Å². The van der Waals surface area contributed by atoms with Gasteiger partial charge in [-0.05, 0) is 24.6 Å². The first-order valence-electron chi connectivity index (χ1n) is 6.17. The van der Waals surface area contributed by atoms with E-state index in [-0.39, 0.29) is 6.61 Å². The maximum atomic E-state index is 8.74. The van der Waals surface area contributed by atoms with E-state index < -0.39 is 0 Å². The highest BCUT2D eigenvalue weighted by Crippen LogP contribution is 2.18. The number of rotatable bonds is 7. The quantitative estimate of drug-likeness (QED) is 0.597. The van der Waals surface area contributed by atoms with Crippen molar-refractivity contribution in [1.29, 1.82) is 0 Å². The number of aryl methyl sites for hydroxylation is 1. The summed E-state index contributed by atoms with van der Waals surface area (Å²) in [5.74, 6) is 6.22. The largest absolute Gasteiger partial charge is 0.490 e. The SMILES string of the molecule is COCCOCCOc1ccc(C)cc1C#CCO. The van der Waals surface area contributed by atoms with Crippen LogP contribution in [0.4, 0.5) is 0 Å². The van der Waals surface area contributed by atoms with Gasteiger partial charge >= 0.3 is 0 Å². The maximum absolute atomic E-state index is 8.74. The summed E-state index contributed by atoms with van der Waals surface area (Å²) in [6.45, 7) is 3.93. The Bertz CT molecular complexity index is 432. The van der Waals surface area contributed by atoms with Crippen molar-refractivity contribution < 1.29 is 19.3 Å². The number of hydrogen-bond donors (Lipinski definition) is 1. The number of methoxy groups -OCH3 is 1. The average molecular weight is 264 g/mol. The molecule has 0 heterocycles. The molecule has 0 atom stereocenters. The molecule has 4 heteroatoms. The van der Waals surface area contributed by atoms with Gasteiger partial charge in [-0.2, -0.15) is 0 Å². The van der Waals surface area contributed by atoms with Crippen LogP contribution in [0, 0.1) is 18.8 Å². The van der Waals surface area contributed by atoms with Gasteiger partial charge in [-0.15, -0.1) is 0 Å². The van der Waals surface area contributed by atoms with Crippen LogP contribution in [0.25, 0.3) is 0 Å². The van der Waals surface area contributed by atoms with Gasteiger partial charge in [0.1, 0.15) is 19.0 Å². The first kappa shape index (κ1) is 15.5. The Morgan fingerprint density at radius 3 is 2.68 bits per heavy atom. The van der Waals surface area contributed by atoms with Gasteiger partial charge in [0.05, 0.1) is 25.4 Å². The maximum Gasteiger partial charge on any atom is 0.135 e. The van der Waals surface area contributed by atoms with Gasteiger partial charge in [0.15, 0.2) is 0 Å². The van der Waals surface area contributed by atoms with Gasteiger partial charge in [0, 0.05) is 7.11 Å². The lowest BCUT2D eigenvalue weighted by Gasteiger charge is -2.09. The van der Waals surface area contributed by atoms with Crippen LogP contribution in [-0.2, 0) is 9.47 Å². The average Bonchev–Trinajstić information content (AvgIpc) is 2.42. The molecule has 1 rings (SSSR count). The number of aliphatic hydroxyl groups excluding tert-OH is 1. The monoisotopic (exact) mass is 264 g/mol. The number of aliphatic hydroxyl groups is 1. The van der Waals surface area contributed by atoms with Crippen molar-refractivity contribution in [2.24, 2.45) is 0 Å². The van der Waals surface area contributed by atoms with E-state index in [4.69, 9.17) is 19.3 Å². The molecule has 1 aromatic carbocycles. The Kier molecular flexibility index (Phi) is 7.68. The second-order valence-corrected chi connectivity index (χ2v) is 3.91. The summed E-state index contributed by atoms with van der Waals surface area (Å²) >= 11 is 0. The topological polar surface area (TPSA) is 47.9 Å². The van der Waals surface area contributed by atoms with E-state index in [0.717, 1.165) is 11.1 Å². The predicted octanol–water partition coefficient (Wildman–Crippen LogP) is 1.38. The van der Waals surface area contributed by atoms with Crippen molar-refractivity contribution in [2.45, 2.75) is 6.92 Å². The fraction of sp³-hybridized carbons (Fsp3) is 0.467.